The molecular formula is C19H22N4O2. The van der Waals surface area contributed by atoms with Gasteiger partial charge in [0, 0.05) is 24.9 Å². The zero-order valence-electron chi connectivity index (χ0n) is 14.2. The third-order valence-electron chi connectivity index (χ3n) is 5.51. The van der Waals surface area contributed by atoms with Crippen LogP contribution in [-0.2, 0) is 10.2 Å². The van der Waals surface area contributed by atoms with E-state index in [-0.39, 0.29) is 23.5 Å². The van der Waals surface area contributed by atoms with Crippen molar-refractivity contribution in [3.05, 3.63) is 59.7 Å². The third kappa shape index (κ3) is 2.62. The Morgan fingerprint density at radius 2 is 2.08 bits per heavy atom. The molecule has 1 fully saturated rings. The molecule has 2 aliphatic rings. The number of amides is 1. The van der Waals surface area contributed by atoms with Crippen LogP contribution in [0.25, 0.3) is 0 Å². The second-order valence-corrected chi connectivity index (χ2v) is 6.69. The molecule has 1 aliphatic carbocycles. The maximum Gasteiger partial charge on any atom is 0.272 e. The molecule has 0 radical (unpaired) electrons. The van der Waals surface area contributed by atoms with Crippen molar-refractivity contribution in [2.45, 2.75) is 30.4 Å². The number of aromatic nitrogens is 2. The number of hydrogen-bond donors (Lipinski definition) is 2. The highest BCUT2D eigenvalue weighted by molar-refractivity contribution is 5.92. The van der Waals surface area contributed by atoms with Crippen molar-refractivity contribution in [1.29, 1.82) is 0 Å². The second-order valence-electron chi connectivity index (χ2n) is 6.69. The summed E-state index contributed by atoms with van der Waals surface area (Å²) < 4.78 is 5.96. The van der Waals surface area contributed by atoms with Gasteiger partial charge in [0.15, 0.2) is 0 Å². The van der Waals surface area contributed by atoms with Gasteiger partial charge in [0.2, 0.25) is 0 Å². The first-order chi connectivity index (χ1) is 12.3. The van der Waals surface area contributed by atoms with Gasteiger partial charge in [0.25, 0.3) is 5.91 Å². The Bertz CT molecular complexity index is 759. The normalized spacial score (nSPS) is 24.0. The Hall–Kier alpha value is -2.31. The van der Waals surface area contributed by atoms with Crippen LogP contribution in [0.2, 0.25) is 0 Å². The zero-order chi connectivity index (χ0) is 17.3. The van der Waals surface area contributed by atoms with Crippen LogP contribution in [0.3, 0.4) is 0 Å². The molecule has 130 valence electrons. The first-order valence-corrected chi connectivity index (χ1v) is 8.66. The molecule has 2 N–H and O–H groups in total. The highest BCUT2D eigenvalue weighted by Gasteiger charge is 2.53. The number of benzene rings is 1. The molecule has 1 saturated heterocycles. The van der Waals surface area contributed by atoms with Gasteiger partial charge in [-0.15, -0.1) is 0 Å². The molecule has 2 heterocycles. The molecule has 1 spiro atoms. The molecule has 0 unspecified atom stereocenters. The molecule has 6 heteroatoms. The van der Waals surface area contributed by atoms with Gasteiger partial charge in [-0.05, 0) is 37.1 Å². The van der Waals surface area contributed by atoms with Crippen LogP contribution in [0.15, 0.2) is 42.9 Å². The van der Waals surface area contributed by atoms with E-state index in [0.29, 0.717) is 5.69 Å². The lowest BCUT2D eigenvalue weighted by atomic mass is 9.72. The van der Waals surface area contributed by atoms with Gasteiger partial charge in [0.1, 0.15) is 5.69 Å². The molecule has 1 aliphatic heterocycles. The Morgan fingerprint density at radius 3 is 2.80 bits per heavy atom. The molecule has 6 nitrogen and oxygen atoms in total. The number of rotatable bonds is 3. The number of hydrogen-bond acceptors (Lipinski definition) is 5. The highest BCUT2D eigenvalue weighted by Crippen LogP contribution is 2.51. The van der Waals surface area contributed by atoms with Crippen molar-refractivity contribution >= 4 is 5.91 Å². The fourth-order valence-corrected chi connectivity index (χ4v) is 4.43. The molecule has 2 atom stereocenters. The summed E-state index contributed by atoms with van der Waals surface area (Å²) in [6, 6.07) is 8.18. The van der Waals surface area contributed by atoms with Gasteiger partial charge >= 0.3 is 0 Å². The third-order valence-corrected chi connectivity index (χ3v) is 5.51. The summed E-state index contributed by atoms with van der Waals surface area (Å²) in [4.78, 5) is 20.8. The Labute approximate surface area is 147 Å². The average molecular weight is 338 g/mol. The predicted molar refractivity (Wildman–Crippen MR) is 93.3 cm³/mol. The number of piperidine rings is 1. The van der Waals surface area contributed by atoms with E-state index in [1.165, 1.54) is 18.0 Å². The van der Waals surface area contributed by atoms with Crippen LogP contribution in [0.4, 0.5) is 0 Å². The lowest BCUT2D eigenvalue weighted by molar-refractivity contribution is 0.00391. The summed E-state index contributed by atoms with van der Waals surface area (Å²) in [6.45, 7) is 1.91. The first-order valence-electron chi connectivity index (χ1n) is 8.66. The molecular weight excluding hydrogens is 316 g/mol. The van der Waals surface area contributed by atoms with Gasteiger partial charge in [-0.3, -0.25) is 9.78 Å². The zero-order valence-corrected chi connectivity index (χ0v) is 14.2. The van der Waals surface area contributed by atoms with Crippen LogP contribution in [0.1, 0.15) is 40.5 Å². The fourth-order valence-electron chi connectivity index (χ4n) is 4.43. The number of carbonyl (C=O) groups excluding carboxylic acids is 1. The number of ether oxygens (including phenoxy) is 1. The van der Waals surface area contributed by atoms with Crippen LogP contribution < -0.4 is 10.6 Å². The van der Waals surface area contributed by atoms with Crippen LogP contribution in [0.5, 0.6) is 0 Å². The molecule has 4 rings (SSSR count). The molecule has 1 amide bonds. The number of fused-ring (bicyclic) bond motifs is 2. The molecule has 2 aromatic rings. The van der Waals surface area contributed by atoms with E-state index in [4.69, 9.17) is 4.74 Å². The van der Waals surface area contributed by atoms with Crippen LogP contribution in [-0.4, -0.2) is 42.2 Å². The van der Waals surface area contributed by atoms with Gasteiger partial charge < -0.3 is 15.4 Å². The van der Waals surface area contributed by atoms with E-state index in [9.17, 15) is 4.79 Å². The van der Waals surface area contributed by atoms with Gasteiger partial charge in [-0.1, -0.05) is 24.3 Å². The SMILES string of the molecule is CO[C@@H]1[C@@H](NC(=O)c2cnccn2)c2ccccc2C12CCNCC2. The topological polar surface area (TPSA) is 76.1 Å². The van der Waals surface area contributed by atoms with Crippen molar-refractivity contribution < 1.29 is 9.53 Å². The minimum atomic E-state index is -0.221. The maximum absolute atomic E-state index is 12.7. The number of carbonyl (C=O) groups is 1. The minimum Gasteiger partial charge on any atom is -0.378 e. The summed E-state index contributed by atoms with van der Waals surface area (Å²) in [7, 11) is 1.74. The first kappa shape index (κ1) is 16.2. The summed E-state index contributed by atoms with van der Waals surface area (Å²) >= 11 is 0. The molecule has 0 bridgehead atoms. The second kappa shape index (κ2) is 6.54. The monoisotopic (exact) mass is 338 g/mol. The van der Waals surface area contributed by atoms with Crippen molar-refractivity contribution in [3.63, 3.8) is 0 Å². The van der Waals surface area contributed by atoms with Crippen molar-refractivity contribution in [1.82, 2.24) is 20.6 Å². The molecule has 1 aromatic carbocycles. The average Bonchev–Trinajstić information content (AvgIpc) is 2.92. The number of nitrogens with zero attached hydrogens (tertiary/aromatic N) is 2. The number of methoxy groups -OCH3 is 1. The van der Waals surface area contributed by atoms with Gasteiger partial charge in [0.05, 0.1) is 18.3 Å². The van der Waals surface area contributed by atoms with Crippen LogP contribution >= 0.6 is 0 Å². The van der Waals surface area contributed by atoms with E-state index in [0.717, 1.165) is 31.5 Å². The summed E-state index contributed by atoms with van der Waals surface area (Å²) in [6.07, 6.45) is 6.48. The van der Waals surface area contributed by atoms with Gasteiger partial charge in [-0.25, -0.2) is 4.98 Å². The summed E-state index contributed by atoms with van der Waals surface area (Å²) in [5, 5.41) is 6.57. The Balaban J connectivity index is 1.71. The summed E-state index contributed by atoms with van der Waals surface area (Å²) in [5.74, 6) is -0.221. The number of nitrogens with one attached hydrogen (secondary N) is 2. The predicted octanol–water partition coefficient (Wildman–Crippen LogP) is 1.60. The standard InChI is InChI=1S/C19H22N4O2/c1-25-17-16(23-18(24)15-12-21-10-11-22-15)13-4-2-3-5-14(13)19(17)6-8-20-9-7-19/h2-5,10-12,16-17,20H,6-9H2,1H3,(H,23,24)/t16-,17+/m0/s1. The lowest BCUT2D eigenvalue weighted by Crippen LogP contribution is -2.49. The maximum atomic E-state index is 12.7. The van der Waals surface area contributed by atoms with Crippen LogP contribution in [0, 0.1) is 0 Å². The Kier molecular flexibility index (Phi) is 4.23. The smallest absolute Gasteiger partial charge is 0.272 e. The van der Waals surface area contributed by atoms with Crippen molar-refractivity contribution in [2.24, 2.45) is 0 Å². The van der Waals surface area contributed by atoms with E-state index < -0.39 is 0 Å². The molecule has 0 saturated carbocycles. The van der Waals surface area contributed by atoms with Crippen molar-refractivity contribution in [2.75, 3.05) is 20.2 Å². The summed E-state index contributed by atoms with van der Waals surface area (Å²) in [5.41, 5.74) is 2.71. The molecule has 1 aromatic heterocycles. The molecule has 25 heavy (non-hydrogen) atoms. The highest BCUT2D eigenvalue weighted by atomic mass is 16.5. The Morgan fingerprint density at radius 1 is 1.28 bits per heavy atom. The van der Waals surface area contributed by atoms with E-state index in [1.54, 1.807) is 13.3 Å². The quantitative estimate of drug-likeness (QED) is 0.889. The largest absolute Gasteiger partial charge is 0.378 e. The van der Waals surface area contributed by atoms with E-state index in [1.807, 2.05) is 6.07 Å². The fraction of sp³-hybridized carbons (Fsp3) is 0.421. The lowest BCUT2D eigenvalue weighted by Gasteiger charge is -2.40. The van der Waals surface area contributed by atoms with E-state index in [2.05, 4.69) is 38.8 Å². The minimum absolute atomic E-state index is 0.0586. The van der Waals surface area contributed by atoms with Gasteiger partial charge in [-0.2, -0.15) is 0 Å². The van der Waals surface area contributed by atoms with Crippen molar-refractivity contribution in [3.8, 4) is 0 Å². The van der Waals surface area contributed by atoms with E-state index >= 15 is 0 Å².